The van der Waals surface area contributed by atoms with Crippen molar-refractivity contribution >= 4 is 11.6 Å². The number of aliphatic hydroxyl groups is 1. The van der Waals surface area contributed by atoms with Gasteiger partial charge in [-0.15, -0.1) is 0 Å². The number of hydrogen-bond donors (Lipinski definition) is 1. The van der Waals surface area contributed by atoms with E-state index in [9.17, 15) is 22.7 Å². The zero-order valence-corrected chi connectivity index (χ0v) is 8.01. The molecule has 1 N–H and O–H groups in total. The molecule has 0 atom stereocenters. The molecule has 0 saturated heterocycles. The molecule has 1 fully saturated rings. The Kier molecular flexibility index (Phi) is 2.20. The van der Waals surface area contributed by atoms with Crippen LogP contribution in [0.4, 0.5) is 17.6 Å². The molecule has 0 radical (unpaired) electrons. The second-order valence-corrected chi connectivity index (χ2v) is 3.85. The first kappa shape index (κ1) is 10.7. The number of halogens is 5. The van der Waals surface area contributed by atoms with Crippen LogP contribution in [0.3, 0.4) is 0 Å². The summed E-state index contributed by atoms with van der Waals surface area (Å²) in [7, 11) is 0. The predicted molar refractivity (Wildman–Crippen MR) is 44.4 cm³/mol. The van der Waals surface area contributed by atoms with Gasteiger partial charge in [0, 0.05) is 0 Å². The molecule has 0 unspecified atom stereocenters. The fraction of sp³-hybridized carbons (Fsp3) is 0.333. The van der Waals surface area contributed by atoms with Crippen LogP contribution in [0, 0.1) is 23.3 Å². The maximum Gasteiger partial charge on any atom is 0.180 e. The minimum Gasteiger partial charge on any atom is -0.385 e. The highest BCUT2D eigenvalue weighted by Crippen LogP contribution is 2.48. The highest BCUT2D eigenvalue weighted by Gasteiger charge is 2.48. The van der Waals surface area contributed by atoms with Crippen LogP contribution in [0.15, 0.2) is 0 Å². The van der Waals surface area contributed by atoms with Gasteiger partial charge in [0.25, 0.3) is 0 Å². The Labute approximate surface area is 87.3 Å². The molecule has 1 nitrogen and oxygen atoms in total. The van der Waals surface area contributed by atoms with E-state index in [-0.39, 0.29) is 12.8 Å². The molecule has 1 aliphatic carbocycles. The van der Waals surface area contributed by atoms with E-state index in [1.54, 1.807) is 0 Å². The number of hydrogen-bond acceptors (Lipinski definition) is 1. The third-order valence-electron chi connectivity index (χ3n) is 2.40. The lowest BCUT2D eigenvalue weighted by atomic mass is 10.1. The largest absolute Gasteiger partial charge is 0.385 e. The first-order chi connectivity index (χ1) is 6.88. The van der Waals surface area contributed by atoms with Crippen molar-refractivity contribution in [3.63, 3.8) is 0 Å². The molecule has 1 aromatic carbocycles. The topological polar surface area (TPSA) is 20.2 Å². The lowest BCUT2D eigenvalue weighted by molar-refractivity contribution is 0.139. The summed E-state index contributed by atoms with van der Waals surface area (Å²) in [5.74, 6) is -6.60. The van der Waals surface area contributed by atoms with Gasteiger partial charge in [-0.3, -0.25) is 0 Å². The van der Waals surface area contributed by atoms with E-state index in [0.717, 1.165) is 0 Å². The smallest absolute Gasteiger partial charge is 0.180 e. The molecule has 1 saturated carbocycles. The van der Waals surface area contributed by atoms with Crippen molar-refractivity contribution in [1.29, 1.82) is 0 Å². The second-order valence-electron chi connectivity index (χ2n) is 3.48. The van der Waals surface area contributed by atoms with E-state index in [1.807, 2.05) is 0 Å². The minimum atomic E-state index is -1.79. The number of rotatable bonds is 1. The summed E-state index contributed by atoms with van der Waals surface area (Å²) in [5, 5.41) is 8.21. The quantitative estimate of drug-likeness (QED) is 0.455. The molecule has 0 bridgehead atoms. The lowest BCUT2D eigenvalue weighted by Crippen LogP contribution is -2.14. The SMILES string of the molecule is OC1(c2c(F)c(F)c(Cl)c(F)c2F)CC1. The van der Waals surface area contributed by atoms with Crippen molar-refractivity contribution in [2.24, 2.45) is 0 Å². The molecule has 6 heteroatoms. The van der Waals surface area contributed by atoms with Crippen LogP contribution in [-0.2, 0) is 5.60 Å². The Balaban J connectivity index is 2.74. The Morgan fingerprint density at radius 2 is 1.33 bits per heavy atom. The average Bonchev–Trinajstić information content (AvgIpc) is 2.91. The van der Waals surface area contributed by atoms with Gasteiger partial charge in [0.15, 0.2) is 23.3 Å². The van der Waals surface area contributed by atoms with Crippen molar-refractivity contribution in [3.8, 4) is 0 Å². The van der Waals surface area contributed by atoms with Crippen molar-refractivity contribution in [3.05, 3.63) is 33.9 Å². The Hall–Kier alpha value is -0.810. The fourth-order valence-electron chi connectivity index (χ4n) is 1.38. The molecular formula is C9H5ClF4O. The minimum absolute atomic E-state index is 0.0708. The van der Waals surface area contributed by atoms with Crippen LogP contribution in [-0.4, -0.2) is 5.11 Å². The zero-order valence-electron chi connectivity index (χ0n) is 7.25. The van der Waals surface area contributed by atoms with Crippen LogP contribution < -0.4 is 0 Å². The molecule has 1 aromatic rings. The molecule has 15 heavy (non-hydrogen) atoms. The second kappa shape index (κ2) is 3.09. The van der Waals surface area contributed by atoms with E-state index < -0.39 is 39.5 Å². The van der Waals surface area contributed by atoms with Gasteiger partial charge >= 0.3 is 0 Å². The van der Waals surface area contributed by atoms with E-state index in [2.05, 4.69) is 0 Å². The molecular weight excluding hydrogens is 236 g/mol. The van der Waals surface area contributed by atoms with E-state index in [4.69, 9.17) is 11.6 Å². The van der Waals surface area contributed by atoms with Crippen molar-refractivity contribution in [2.45, 2.75) is 18.4 Å². The third kappa shape index (κ3) is 1.41. The van der Waals surface area contributed by atoms with Gasteiger partial charge in [-0.1, -0.05) is 11.6 Å². The van der Waals surface area contributed by atoms with Gasteiger partial charge in [-0.2, -0.15) is 0 Å². The van der Waals surface area contributed by atoms with Crippen LogP contribution in [0.25, 0.3) is 0 Å². The maximum atomic E-state index is 13.2. The summed E-state index contributed by atoms with van der Waals surface area (Å²) in [5.41, 5.74) is -2.76. The normalized spacial score (nSPS) is 18.0. The third-order valence-corrected chi connectivity index (χ3v) is 2.73. The molecule has 0 heterocycles. The van der Waals surface area contributed by atoms with Crippen molar-refractivity contribution in [1.82, 2.24) is 0 Å². The van der Waals surface area contributed by atoms with E-state index in [0.29, 0.717) is 0 Å². The number of benzene rings is 1. The zero-order chi connectivity index (χ0) is 11.4. The van der Waals surface area contributed by atoms with Gasteiger partial charge < -0.3 is 5.11 Å². The monoisotopic (exact) mass is 240 g/mol. The van der Waals surface area contributed by atoms with Crippen molar-refractivity contribution in [2.75, 3.05) is 0 Å². The molecule has 0 amide bonds. The average molecular weight is 241 g/mol. The summed E-state index contributed by atoms with van der Waals surface area (Å²) in [6.45, 7) is 0. The first-order valence-corrected chi connectivity index (χ1v) is 4.50. The maximum absolute atomic E-state index is 13.2. The molecule has 82 valence electrons. The first-order valence-electron chi connectivity index (χ1n) is 4.13. The van der Waals surface area contributed by atoms with Crippen molar-refractivity contribution < 1.29 is 22.7 Å². The molecule has 2 rings (SSSR count). The molecule has 1 aliphatic rings. The van der Waals surface area contributed by atoms with Crippen LogP contribution in [0.2, 0.25) is 5.02 Å². The highest BCUT2D eigenvalue weighted by molar-refractivity contribution is 6.30. The fourth-order valence-corrected chi connectivity index (χ4v) is 1.55. The van der Waals surface area contributed by atoms with Gasteiger partial charge in [-0.05, 0) is 12.8 Å². The van der Waals surface area contributed by atoms with Crippen LogP contribution in [0.1, 0.15) is 18.4 Å². The molecule has 0 aromatic heterocycles. The summed E-state index contributed by atoms with van der Waals surface area (Å²) in [6.07, 6.45) is 0.142. The Bertz CT molecular complexity index is 413. The summed E-state index contributed by atoms with van der Waals surface area (Å²) in [6, 6.07) is 0. The lowest BCUT2D eigenvalue weighted by Gasteiger charge is -2.12. The summed E-state index contributed by atoms with van der Waals surface area (Å²) >= 11 is 5.02. The summed E-state index contributed by atoms with van der Waals surface area (Å²) in [4.78, 5) is 0. The van der Waals surface area contributed by atoms with Gasteiger partial charge in [0.05, 0.1) is 11.2 Å². The van der Waals surface area contributed by atoms with Gasteiger partial charge in [0.1, 0.15) is 5.02 Å². The molecule has 0 spiro atoms. The Morgan fingerprint density at radius 3 is 1.67 bits per heavy atom. The summed E-state index contributed by atoms with van der Waals surface area (Å²) < 4.78 is 52.4. The highest BCUT2D eigenvalue weighted by atomic mass is 35.5. The predicted octanol–water partition coefficient (Wildman–Crippen LogP) is 2.88. The van der Waals surface area contributed by atoms with Crippen LogP contribution in [0.5, 0.6) is 0 Å². The van der Waals surface area contributed by atoms with Gasteiger partial charge in [0.2, 0.25) is 0 Å². The van der Waals surface area contributed by atoms with E-state index in [1.165, 1.54) is 0 Å². The van der Waals surface area contributed by atoms with E-state index >= 15 is 0 Å². The molecule has 0 aliphatic heterocycles. The van der Waals surface area contributed by atoms with Gasteiger partial charge in [-0.25, -0.2) is 17.6 Å². The standard InChI is InChI=1S/C9H5ClF4O/c10-4-7(13)5(11)3(6(12)8(4)14)9(15)1-2-9/h15H,1-2H2. The van der Waals surface area contributed by atoms with Crippen LogP contribution >= 0.6 is 11.6 Å². The Morgan fingerprint density at radius 1 is 0.933 bits per heavy atom.